The lowest BCUT2D eigenvalue weighted by atomic mass is 10.1. The summed E-state index contributed by atoms with van der Waals surface area (Å²) in [5.74, 6) is -6.90. The van der Waals surface area contributed by atoms with Crippen LogP contribution in [0.4, 0.5) is 14.5 Å². The molecule has 0 spiro atoms. The number of ether oxygens (including phenoxy) is 2. The second-order valence-corrected chi connectivity index (χ2v) is 10.5. The molecular formula is C28H29ClF2N4O7. The molecular weight excluding hydrogens is 578 g/mol. The van der Waals surface area contributed by atoms with Crippen molar-refractivity contribution in [3.05, 3.63) is 64.7 Å². The zero-order valence-corrected chi connectivity index (χ0v) is 23.5. The van der Waals surface area contributed by atoms with E-state index in [1.165, 1.54) is 32.0 Å². The molecule has 2 aliphatic rings. The van der Waals surface area contributed by atoms with Gasteiger partial charge in [0.1, 0.15) is 18.1 Å². The predicted octanol–water partition coefficient (Wildman–Crippen LogP) is 2.63. The molecule has 4 amide bonds. The normalized spacial score (nSPS) is 21.8. The highest BCUT2D eigenvalue weighted by atomic mass is 35.5. The third-order valence-electron chi connectivity index (χ3n) is 6.66. The lowest BCUT2D eigenvalue weighted by molar-refractivity contribution is -0.168. The van der Waals surface area contributed by atoms with Gasteiger partial charge in [-0.15, -0.1) is 0 Å². The zero-order valence-electron chi connectivity index (χ0n) is 22.7. The number of carbonyl (C=O) groups excluding carboxylic acids is 5. The van der Waals surface area contributed by atoms with Gasteiger partial charge in [0.2, 0.25) is 24.0 Å². The first-order chi connectivity index (χ1) is 19.8. The predicted molar refractivity (Wildman–Crippen MR) is 145 cm³/mol. The Morgan fingerprint density at radius 2 is 1.88 bits per heavy atom. The molecule has 2 aliphatic heterocycles. The van der Waals surface area contributed by atoms with Crippen LogP contribution >= 0.6 is 11.6 Å². The number of cyclic esters (lactones) is 1. The Morgan fingerprint density at radius 3 is 2.55 bits per heavy atom. The molecule has 2 saturated heterocycles. The van der Waals surface area contributed by atoms with Crippen LogP contribution in [0.2, 0.25) is 5.02 Å². The third-order valence-corrected chi connectivity index (χ3v) is 6.98. The number of alkyl halides is 2. The van der Waals surface area contributed by atoms with Crippen molar-refractivity contribution >= 4 is 46.9 Å². The number of hydrogen-bond acceptors (Lipinski definition) is 7. The van der Waals surface area contributed by atoms with Crippen molar-refractivity contribution < 1.29 is 42.2 Å². The van der Waals surface area contributed by atoms with Crippen molar-refractivity contribution in [2.75, 3.05) is 11.9 Å². The Hall–Kier alpha value is -4.10. The smallest absolute Gasteiger partial charge is 0.310 e. The lowest BCUT2D eigenvalue weighted by Gasteiger charge is -2.28. The Balaban J connectivity index is 1.40. The van der Waals surface area contributed by atoms with E-state index < -0.39 is 67.0 Å². The molecule has 42 heavy (non-hydrogen) atoms. The first-order valence-electron chi connectivity index (χ1n) is 13.0. The van der Waals surface area contributed by atoms with E-state index in [0.29, 0.717) is 4.90 Å². The molecule has 4 rings (SSSR count). The maximum Gasteiger partial charge on any atom is 0.310 e. The summed E-state index contributed by atoms with van der Waals surface area (Å²) in [4.78, 5) is 63.0. The molecule has 0 radical (unpaired) electrons. The van der Waals surface area contributed by atoms with Crippen LogP contribution in [0, 0.1) is 0 Å². The number of benzene rings is 2. The Labute approximate surface area is 244 Å². The molecule has 3 N–H and O–H groups in total. The summed E-state index contributed by atoms with van der Waals surface area (Å²) in [6, 6.07) is 9.25. The van der Waals surface area contributed by atoms with Gasteiger partial charge in [0.05, 0.1) is 30.3 Å². The van der Waals surface area contributed by atoms with E-state index in [4.69, 9.17) is 21.1 Å². The van der Waals surface area contributed by atoms with Gasteiger partial charge < -0.3 is 30.3 Å². The van der Waals surface area contributed by atoms with Gasteiger partial charge in [0, 0.05) is 18.9 Å². The Bertz CT molecular complexity index is 1380. The number of nitrogens with one attached hydrogen (secondary N) is 3. The van der Waals surface area contributed by atoms with Gasteiger partial charge in [-0.1, -0.05) is 41.9 Å². The van der Waals surface area contributed by atoms with Crippen LogP contribution in [0.25, 0.3) is 0 Å². The topological polar surface area (TPSA) is 143 Å². The number of amides is 4. The van der Waals surface area contributed by atoms with E-state index in [9.17, 15) is 32.8 Å². The van der Waals surface area contributed by atoms with E-state index in [1.54, 1.807) is 24.3 Å². The molecule has 2 heterocycles. The summed E-state index contributed by atoms with van der Waals surface area (Å²) < 4.78 is 39.8. The van der Waals surface area contributed by atoms with Crippen molar-refractivity contribution in [2.45, 2.75) is 63.6 Å². The average molecular weight is 607 g/mol. The fourth-order valence-corrected chi connectivity index (χ4v) is 4.88. The van der Waals surface area contributed by atoms with Crippen LogP contribution in [0.15, 0.2) is 48.5 Å². The largest absolute Gasteiger partial charge is 0.433 e. The van der Waals surface area contributed by atoms with Crippen molar-refractivity contribution in [2.24, 2.45) is 0 Å². The number of nitrogens with zero attached hydrogens (tertiary/aromatic N) is 1. The average Bonchev–Trinajstić information content (AvgIpc) is 3.45. The summed E-state index contributed by atoms with van der Waals surface area (Å²) in [6.07, 6.45) is -2.32. The number of likely N-dealkylation sites (tertiary alicyclic amines) is 1. The summed E-state index contributed by atoms with van der Waals surface area (Å²) in [6.45, 7) is 1.64. The molecule has 2 fully saturated rings. The van der Waals surface area contributed by atoms with Crippen LogP contribution in [0.5, 0.6) is 0 Å². The monoisotopic (exact) mass is 606 g/mol. The van der Waals surface area contributed by atoms with Gasteiger partial charge in [0.15, 0.2) is 0 Å². The number of hydrogen-bond donors (Lipinski definition) is 3. The summed E-state index contributed by atoms with van der Waals surface area (Å²) >= 11 is 6.11. The molecule has 11 nitrogen and oxygen atoms in total. The molecule has 2 unspecified atom stereocenters. The maximum absolute atomic E-state index is 14.5. The van der Waals surface area contributed by atoms with E-state index >= 15 is 0 Å². The minimum Gasteiger partial charge on any atom is -0.433 e. The molecule has 2 aromatic rings. The standard InChI is InChI=1S/C28H29ClF2N4O7/c1-15(32-24(38)18-8-9-20(19(29)10-18)33-16(2)36)26(40)35-14-28(30,31)12-22(35)25(39)34-21-11-23(37)42-27(21)41-13-17-6-4-3-5-7-17/h3-10,15,21-22,27H,11-14H2,1-2H3,(H,32,38)(H,33,36)(H,34,39)/t15-,21-,22?,27?/m0/s1. The molecule has 0 aliphatic carbocycles. The fourth-order valence-electron chi connectivity index (χ4n) is 4.66. The van der Waals surface area contributed by atoms with Gasteiger partial charge in [-0.2, -0.15) is 0 Å². The second kappa shape index (κ2) is 12.8. The number of anilines is 1. The van der Waals surface area contributed by atoms with E-state index in [1.807, 2.05) is 6.07 Å². The summed E-state index contributed by atoms with van der Waals surface area (Å²) in [5, 5.41) is 7.52. The van der Waals surface area contributed by atoms with Crippen LogP contribution in [-0.4, -0.2) is 71.4 Å². The van der Waals surface area contributed by atoms with Crippen molar-refractivity contribution in [3.8, 4) is 0 Å². The molecule has 4 atom stereocenters. The SMILES string of the molecule is CC(=O)Nc1ccc(C(=O)N[C@@H](C)C(=O)N2CC(F)(F)CC2C(=O)N[C@H]2CC(=O)OC2OCc2ccccc2)cc1Cl. The number of rotatable bonds is 9. The van der Waals surface area contributed by atoms with Crippen LogP contribution in [-0.2, 0) is 35.3 Å². The molecule has 2 aromatic carbocycles. The fraction of sp³-hybridized carbons (Fsp3) is 0.393. The van der Waals surface area contributed by atoms with Gasteiger partial charge in [-0.3, -0.25) is 24.0 Å². The van der Waals surface area contributed by atoms with Crippen molar-refractivity contribution in [1.82, 2.24) is 15.5 Å². The van der Waals surface area contributed by atoms with Crippen LogP contribution in [0.1, 0.15) is 42.6 Å². The van der Waals surface area contributed by atoms with Gasteiger partial charge in [-0.05, 0) is 30.7 Å². The first-order valence-corrected chi connectivity index (χ1v) is 13.4. The highest BCUT2D eigenvalue weighted by Crippen LogP contribution is 2.33. The van der Waals surface area contributed by atoms with E-state index in [-0.39, 0.29) is 35.2 Å². The molecule has 0 aromatic heterocycles. The van der Waals surface area contributed by atoms with E-state index in [0.717, 1.165) is 5.56 Å². The van der Waals surface area contributed by atoms with Gasteiger partial charge in [0.25, 0.3) is 11.8 Å². The van der Waals surface area contributed by atoms with Gasteiger partial charge in [-0.25, -0.2) is 8.78 Å². The maximum atomic E-state index is 14.5. The molecule has 224 valence electrons. The highest BCUT2D eigenvalue weighted by molar-refractivity contribution is 6.34. The van der Waals surface area contributed by atoms with Crippen LogP contribution in [0.3, 0.4) is 0 Å². The first kappa shape index (κ1) is 30.8. The highest BCUT2D eigenvalue weighted by Gasteiger charge is 2.51. The second-order valence-electron chi connectivity index (χ2n) is 10.1. The number of carbonyl (C=O) groups is 5. The summed E-state index contributed by atoms with van der Waals surface area (Å²) in [7, 11) is 0. The van der Waals surface area contributed by atoms with E-state index in [2.05, 4.69) is 16.0 Å². The molecule has 0 bridgehead atoms. The quantitative estimate of drug-likeness (QED) is 0.372. The summed E-state index contributed by atoms with van der Waals surface area (Å²) in [5.41, 5.74) is 1.13. The van der Waals surface area contributed by atoms with Crippen molar-refractivity contribution in [1.29, 1.82) is 0 Å². The molecule has 14 heteroatoms. The number of halogens is 3. The Kier molecular flexibility index (Phi) is 9.42. The Morgan fingerprint density at radius 1 is 1.17 bits per heavy atom. The number of esters is 1. The van der Waals surface area contributed by atoms with Gasteiger partial charge >= 0.3 is 5.97 Å². The minimum absolute atomic E-state index is 0.0576. The molecule has 0 saturated carbocycles. The lowest BCUT2D eigenvalue weighted by Crippen LogP contribution is -2.54. The minimum atomic E-state index is -3.36. The zero-order chi connectivity index (χ0) is 30.6. The van der Waals surface area contributed by atoms with Crippen molar-refractivity contribution in [3.63, 3.8) is 0 Å². The third kappa shape index (κ3) is 7.59. The van der Waals surface area contributed by atoms with Crippen LogP contribution < -0.4 is 16.0 Å².